The molecule has 24 heavy (non-hydrogen) atoms. The molecular formula is C18H15N3O3. The molecule has 1 aliphatic rings. The first kappa shape index (κ1) is 14.4. The second-order valence-electron chi connectivity index (χ2n) is 5.40. The highest BCUT2D eigenvalue weighted by molar-refractivity contribution is 5.84. The number of fused-ring (bicyclic) bond motifs is 2. The fourth-order valence-electron chi connectivity index (χ4n) is 2.87. The summed E-state index contributed by atoms with van der Waals surface area (Å²) in [7, 11) is 1.63. The standard InChI is InChI=1S/C18H15N3O3/c1-22-13-4-2-3-12(9-13)18-20-14-10-16-17(24-8-7-23-16)11-15(14)21(18)6-5-19/h2-4,9-11H,6-8H2,1H3. The van der Waals surface area contributed by atoms with E-state index in [-0.39, 0.29) is 6.54 Å². The van der Waals surface area contributed by atoms with Crippen molar-refractivity contribution in [3.05, 3.63) is 36.4 Å². The van der Waals surface area contributed by atoms with Gasteiger partial charge in [-0.25, -0.2) is 4.98 Å². The molecule has 0 saturated heterocycles. The lowest BCUT2D eigenvalue weighted by Gasteiger charge is -2.18. The Morgan fingerprint density at radius 2 is 2.00 bits per heavy atom. The van der Waals surface area contributed by atoms with E-state index in [0.717, 1.165) is 22.3 Å². The summed E-state index contributed by atoms with van der Waals surface area (Å²) in [5.41, 5.74) is 2.51. The van der Waals surface area contributed by atoms with Crippen LogP contribution in [0.2, 0.25) is 0 Å². The molecule has 6 nitrogen and oxygen atoms in total. The van der Waals surface area contributed by atoms with E-state index in [0.29, 0.717) is 30.5 Å². The van der Waals surface area contributed by atoms with E-state index in [1.165, 1.54) is 0 Å². The zero-order valence-corrected chi connectivity index (χ0v) is 13.2. The first-order valence-corrected chi connectivity index (χ1v) is 7.61. The average molecular weight is 321 g/mol. The second kappa shape index (κ2) is 5.78. The maximum atomic E-state index is 9.23. The Hall–Kier alpha value is -3.20. The number of ether oxygens (including phenoxy) is 3. The third kappa shape index (κ3) is 2.31. The van der Waals surface area contributed by atoms with E-state index in [1.807, 2.05) is 41.0 Å². The lowest BCUT2D eigenvalue weighted by atomic mass is 10.2. The minimum atomic E-state index is 0.197. The van der Waals surface area contributed by atoms with Crippen molar-refractivity contribution in [3.8, 4) is 34.7 Å². The number of methoxy groups -OCH3 is 1. The molecule has 0 unspecified atom stereocenters. The highest BCUT2D eigenvalue weighted by Crippen LogP contribution is 2.36. The number of aromatic nitrogens is 2. The third-order valence-electron chi connectivity index (χ3n) is 3.97. The van der Waals surface area contributed by atoms with Crippen molar-refractivity contribution in [3.63, 3.8) is 0 Å². The van der Waals surface area contributed by atoms with Crippen molar-refractivity contribution < 1.29 is 14.2 Å². The van der Waals surface area contributed by atoms with E-state index in [1.54, 1.807) is 7.11 Å². The van der Waals surface area contributed by atoms with Crippen molar-refractivity contribution in [2.45, 2.75) is 6.54 Å². The van der Waals surface area contributed by atoms with Crippen LogP contribution in [0.3, 0.4) is 0 Å². The van der Waals surface area contributed by atoms with Crippen LogP contribution in [-0.4, -0.2) is 29.9 Å². The van der Waals surface area contributed by atoms with E-state index < -0.39 is 0 Å². The lowest BCUT2D eigenvalue weighted by molar-refractivity contribution is 0.172. The average Bonchev–Trinajstić information content (AvgIpc) is 2.98. The minimum absolute atomic E-state index is 0.197. The number of hydrogen-bond acceptors (Lipinski definition) is 5. The first-order chi connectivity index (χ1) is 11.8. The molecule has 0 saturated carbocycles. The largest absolute Gasteiger partial charge is 0.497 e. The van der Waals surface area contributed by atoms with Gasteiger partial charge in [-0.05, 0) is 12.1 Å². The van der Waals surface area contributed by atoms with E-state index >= 15 is 0 Å². The summed E-state index contributed by atoms with van der Waals surface area (Å²) >= 11 is 0. The molecule has 0 spiro atoms. The van der Waals surface area contributed by atoms with Gasteiger partial charge in [-0.2, -0.15) is 5.26 Å². The van der Waals surface area contributed by atoms with E-state index in [2.05, 4.69) is 6.07 Å². The molecule has 0 aliphatic carbocycles. The van der Waals surface area contributed by atoms with Crippen LogP contribution in [0.15, 0.2) is 36.4 Å². The van der Waals surface area contributed by atoms with Crippen LogP contribution in [0, 0.1) is 11.3 Å². The van der Waals surface area contributed by atoms with E-state index in [9.17, 15) is 5.26 Å². The predicted molar refractivity (Wildman–Crippen MR) is 88.3 cm³/mol. The quantitative estimate of drug-likeness (QED) is 0.741. The Balaban J connectivity index is 1.94. The normalized spacial score (nSPS) is 12.8. The summed E-state index contributed by atoms with van der Waals surface area (Å²) in [4.78, 5) is 4.71. The van der Waals surface area contributed by atoms with Gasteiger partial charge in [-0.3, -0.25) is 0 Å². The Morgan fingerprint density at radius 3 is 2.75 bits per heavy atom. The molecule has 0 fully saturated rings. The molecule has 0 N–H and O–H groups in total. The van der Waals surface area contributed by atoms with Gasteiger partial charge in [-0.1, -0.05) is 12.1 Å². The summed E-state index contributed by atoms with van der Waals surface area (Å²) in [5.74, 6) is 2.83. The van der Waals surface area contributed by atoms with Gasteiger partial charge in [0, 0.05) is 17.7 Å². The van der Waals surface area contributed by atoms with Gasteiger partial charge in [0.2, 0.25) is 0 Å². The number of benzene rings is 2. The van der Waals surface area contributed by atoms with Crippen molar-refractivity contribution in [2.75, 3.05) is 20.3 Å². The Labute approximate surface area is 138 Å². The second-order valence-corrected chi connectivity index (χ2v) is 5.40. The topological polar surface area (TPSA) is 69.3 Å². The Morgan fingerprint density at radius 1 is 1.21 bits per heavy atom. The van der Waals surface area contributed by atoms with Gasteiger partial charge in [0.25, 0.3) is 0 Å². The molecule has 2 aromatic carbocycles. The van der Waals surface area contributed by atoms with E-state index in [4.69, 9.17) is 19.2 Å². The van der Waals surface area contributed by atoms with Crippen LogP contribution in [-0.2, 0) is 6.54 Å². The molecule has 120 valence electrons. The fraction of sp³-hybridized carbons (Fsp3) is 0.222. The molecule has 1 aromatic heterocycles. The number of rotatable bonds is 3. The smallest absolute Gasteiger partial charge is 0.163 e. The molecular weight excluding hydrogens is 306 g/mol. The Bertz CT molecular complexity index is 956. The zero-order chi connectivity index (χ0) is 16.5. The van der Waals surface area contributed by atoms with Crippen LogP contribution in [0.4, 0.5) is 0 Å². The molecule has 2 heterocycles. The monoisotopic (exact) mass is 321 g/mol. The third-order valence-corrected chi connectivity index (χ3v) is 3.97. The van der Waals surface area contributed by atoms with Crippen LogP contribution < -0.4 is 14.2 Å². The fourth-order valence-corrected chi connectivity index (χ4v) is 2.87. The summed E-state index contributed by atoms with van der Waals surface area (Å²) in [6, 6.07) is 13.6. The van der Waals surface area contributed by atoms with Crippen molar-refractivity contribution in [2.24, 2.45) is 0 Å². The molecule has 6 heteroatoms. The predicted octanol–water partition coefficient (Wildman–Crippen LogP) is 3.01. The van der Waals surface area contributed by atoms with Crippen LogP contribution in [0.25, 0.3) is 22.4 Å². The van der Waals surface area contributed by atoms with Crippen molar-refractivity contribution in [1.82, 2.24) is 9.55 Å². The van der Waals surface area contributed by atoms with Gasteiger partial charge in [0.15, 0.2) is 11.5 Å². The molecule has 4 rings (SSSR count). The van der Waals surface area contributed by atoms with Crippen LogP contribution in [0.1, 0.15) is 0 Å². The Kier molecular flexibility index (Phi) is 3.47. The molecule has 1 aliphatic heterocycles. The van der Waals surface area contributed by atoms with Gasteiger partial charge >= 0.3 is 0 Å². The maximum absolute atomic E-state index is 9.23. The van der Waals surface area contributed by atoms with Crippen molar-refractivity contribution >= 4 is 11.0 Å². The molecule has 0 atom stereocenters. The highest BCUT2D eigenvalue weighted by Gasteiger charge is 2.19. The highest BCUT2D eigenvalue weighted by atomic mass is 16.6. The number of hydrogen-bond donors (Lipinski definition) is 0. The molecule has 0 bridgehead atoms. The first-order valence-electron chi connectivity index (χ1n) is 7.61. The van der Waals surface area contributed by atoms with Gasteiger partial charge in [0.05, 0.1) is 24.2 Å². The summed E-state index contributed by atoms with van der Waals surface area (Å²) in [5, 5.41) is 9.23. The number of nitrogens with zero attached hydrogens (tertiary/aromatic N) is 3. The SMILES string of the molecule is COc1cccc(-c2nc3cc4c(cc3n2CC#N)OCCO4)c1. The van der Waals surface area contributed by atoms with Crippen molar-refractivity contribution in [1.29, 1.82) is 5.26 Å². The summed E-state index contributed by atoms with van der Waals surface area (Å²) in [6.45, 7) is 1.25. The summed E-state index contributed by atoms with van der Waals surface area (Å²) < 4.78 is 18.4. The lowest BCUT2D eigenvalue weighted by Crippen LogP contribution is -2.15. The molecule has 0 radical (unpaired) electrons. The minimum Gasteiger partial charge on any atom is -0.497 e. The van der Waals surface area contributed by atoms with Gasteiger partial charge < -0.3 is 18.8 Å². The zero-order valence-electron chi connectivity index (χ0n) is 13.2. The molecule has 3 aromatic rings. The number of nitriles is 1. The van der Waals surface area contributed by atoms with Crippen LogP contribution in [0.5, 0.6) is 17.2 Å². The van der Waals surface area contributed by atoms with Crippen LogP contribution >= 0.6 is 0 Å². The van der Waals surface area contributed by atoms with Gasteiger partial charge in [-0.15, -0.1) is 0 Å². The van der Waals surface area contributed by atoms with Gasteiger partial charge in [0.1, 0.15) is 31.3 Å². The molecule has 0 amide bonds. The number of imidazole rings is 1. The summed E-state index contributed by atoms with van der Waals surface area (Å²) in [6.07, 6.45) is 0. The maximum Gasteiger partial charge on any atom is 0.163 e.